The monoisotopic (exact) mass is 248 g/mol. The third-order valence-corrected chi connectivity index (χ3v) is 4.02. The van der Waals surface area contributed by atoms with Gasteiger partial charge in [-0.2, -0.15) is 0 Å². The highest BCUT2D eigenvalue weighted by Gasteiger charge is 2.31. The van der Waals surface area contributed by atoms with Crippen LogP contribution >= 0.6 is 0 Å². The van der Waals surface area contributed by atoms with Gasteiger partial charge in [0.2, 0.25) is 0 Å². The van der Waals surface area contributed by atoms with Crippen LogP contribution in [0.3, 0.4) is 0 Å². The van der Waals surface area contributed by atoms with Gasteiger partial charge in [0.25, 0.3) is 0 Å². The van der Waals surface area contributed by atoms with Crippen molar-refractivity contribution in [2.75, 3.05) is 13.1 Å². The van der Waals surface area contributed by atoms with Crippen LogP contribution < -0.4 is 5.73 Å². The number of rotatable bonds is 8. The molecule has 1 rings (SSSR count). The Hall–Kier alpha value is -0.860. The lowest BCUT2D eigenvalue weighted by Gasteiger charge is -2.43. The fraction of sp³-hybridized carbons (Fsp3) is 0.625. The summed E-state index contributed by atoms with van der Waals surface area (Å²) in [5, 5.41) is 0. The van der Waals surface area contributed by atoms with Gasteiger partial charge in [0.05, 0.1) is 0 Å². The van der Waals surface area contributed by atoms with Crippen LogP contribution in [0.4, 0.5) is 0 Å². The summed E-state index contributed by atoms with van der Waals surface area (Å²) in [7, 11) is 0. The first kappa shape index (κ1) is 15.2. The molecule has 0 aliphatic heterocycles. The summed E-state index contributed by atoms with van der Waals surface area (Å²) in [6.45, 7) is 9.55. The summed E-state index contributed by atoms with van der Waals surface area (Å²) >= 11 is 0. The fourth-order valence-electron chi connectivity index (χ4n) is 2.82. The van der Waals surface area contributed by atoms with Crippen molar-refractivity contribution >= 4 is 0 Å². The van der Waals surface area contributed by atoms with Crippen LogP contribution in [-0.2, 0) is 6.54 Å². The van der Waals surface area contributed by atoms with Crippen molar-refractivity contribution in [2.24, 2.45) is 5.73 Å². The molecule has 0 spiro atoms. The molecule has 0 bridgehead atoms. The van der Waals surface area contributed by atoms with Gasteiger partial charge >= 0.3 is 0 Å². The van der Waals surface area contributed by atoms with Crippen LogP contribution in [0.5, 0.6) is 0 Å². The molecule has 2 nitrogen and oxygen atoms in total. The van der Waals surface area contributed by atoms with E-state index in [1.165, 1.54) is 18.4 Å². The Labute approximate surface area is 112 Å². The van der Waals surface area contributed by atoms with E-state index in [9.17, 15) is 0 Å². The van der Waals surface area contributed by atoms with Crippen LogP contribution in [0.1, 0.15) is 45.6 Å². The van der Waals surface area contributed by atoms with E-state index in [4.69, 9.17) is 5.73 Å². The molecule has 0 aliphatic carbocycles. The molecule has 0 radical (unpaired) electrons. The standard InChI is InChI=1S/C16H28N2/c1-4-12-16(5-2,14-17)18(6-3)13-15-10-8-7-9-11-15/h7-11H,4-6,12-14,17H2,1-3H3. The molecule has 1 atom stereocenters. The molecule has 0 aromatic heterocycles. The Morgan fingerprint density at radius 1 is 1.11 bits per heavy atom. The summed E-state index contributed by atoms with van der Waals surface area (Å²) in [5.41, 5.74) is 7.64. The molecule has 2 N–H and O–H groups in total. The van der Waals surface area contributed by atoms with Crippen LogP contribution in [0.25, 0.3) is 0 Å². The van der Waals surface area contributed by atoms with Gasteiger partial charge in [0, 0.05) is 18.6 Å². The van der Waals surface area contributed by atoms with Crippen molar-refractivity contribution in [3.63, 3.8) is 0 Å². The highest BCUT2D eigenvalue weighted by molar-refractivity contribution is 5.15. The highest BCUT2D eigenvalue weighted by atomic mass is 15.2. The van der Waals surface area contributed by atoms with Crippen molar-refractivity contribution in [3.05, 3.63) is 35.9 Å². The molecule has 1 aromatic carbocycles. The number of nitrogens with two attached hydrogens (primary N) is 1. The first-order valence-electron chi connectivity index (χ1n) is 7.21. The molecule has 0 amide bonds. The maximum absolute atomic E-state index is 6.09. The number of hydrogen-bond acceptors (Lipinski definition) is 2. The molecule has 102 valence electrons. The third kappa shape index (κ3) is 3.56. The van der Waals surface area contributed by atoms with Crippen molar-refractivity contribution < 1.29 is 0 Å². The zero-order valence-corrected chi connectivity index (χ0v) is 12.2. The minimum atomic E-state index is 0.166. The lowest BCUT2D eigenvalue weighted by Crippen LogP contribution is -2.53. The zero-order chi connectivity index (χ0) is 13.4. The zero-order valence-electron chi connectivity index (χ0n) is 12.2. The number of likely N-dealkylation sites (N-methyl/N-ethyl adjacent to an activating group) is 1. The molecule has 0 aliphatic rings. The van der Waals surface area contributed by atoms with Gasteiger partial charge in [-0.3, -0.25) is 4.90 Å². The molecular formula is C16H28N2. The van der Waals surface area contributed by atoms with Crippen LogP contribution in [0.15, 0.2) is 30.3 Å². The molecule has 1 aromatic rings. The first-order valence-corrected chi connectivity index (χ1v) is 7.21. The Bertz CT molecular complexity index is 317. The average molecular weight is 248 g/mol. The maximum atomic E-state index is 6.09. The Kier molecular flexibility index (Phi) is 6.37. The average Bonchev–Trinajstić information content (AvgIpc) is 2.44. The second kappa shape index (κ2) is 7.55. The van der Waals surface area contributed by atoms with Crippen molar-refractivity contribution in [3.8, 4) is 0 Å². The molecule has 0 fully saturated rings. The van der Waals surface area contributed by atoms with Gasteiger partial charge in [-0.1, -0.05) is 57.5 Å². The first-order chi connectivity index (χ1) is 8.72. The molecule has 1 unspecified atom stereocenters. The van der Waals surface area contributed by atoms with E-state index in [-0.39, 0.29) is 5.54 Å². The second-order valence-corrected chi connectivity index (χ2v) is 5.03. The molecule has 0 saturated carbocycles. The highest BCUT2D eigenvalue weighted by Crippen LogP contribution is 2.26. The van der Waals surface area contributed by atoms with E-state index in [0.717, 1.165) is 26.1 Å². The van der Waals surface area contributed by atoms with Gasteiger partial charge in [-0.05, 0) is 24.9 Å². The van der Waals surface area contributed by atoms with Gasteiger partial charge in [0.15, 0.2) is 0 Å². The Balaban J connectivity index is 2.85. The largest absolute Gasteiger partial charge is 0.329 e. The van der Waals surface area contributed by atoms with E-state index in [1.807, 2.05) is 0 Å². The normalized spacial score (nSPS) is 14.7. The summed E-state index contributed by atoms with van der Waals surface area (Å²) in [6, 6.07) is 10.7. The van der Waals surface area contributed by atoms with Crippen molar-refractivity contribution in [1.29, 1.82) is 0 Å². The topological polar surface area (TPSA) is 29.3 Å². The number of benzene rings is 1. The van der Waals surface area contributed by atoms with E-state index in [0.29, 0.717) is 0 Å². The molecular weight excluding hydrogens is 220 g/mol. The molecule has 18 heavy (non-hydrogen) atoms. The molecule has 0 saturated heterocycles. The maximum Gasteiger partial charge on any atom is 0.0332 e. The van der Waals surface area contributed by atoms with Gasteiger partial charge in [-0.15, -0.1) is 0 Å². The van der Waals surface area contributed by atoms with Crippen molar-refractivity contribution in [1.82, 2.24) is 4.90 Å². The third-order valence-electron chi connectivity index (χ3n) is 4.02. The van der Waals surface area contributed by atoms with Gasteiger partial charge < -0.3 is 5.73 Å². The van der Waals surface area contributed by atoms with E-state index >= 15 is 0 Å². The van der Waals surface area contributed by atoms with E-state index in [1.54, 1.807) is 0 Å². The van der Waals surface area contributed by atoms with Crippen LogP contribution in [-0.4, -0.2) is 23.5 Å². The SMILES string of the molecule is CCCC(CC)(CN)N(CC)Cc1ccccc1. The predicted molar refractivity (Wildman–Crippen MR) is 79.5 cm³/mol. The smallest absolute Gasteiger partial charge is 0.0332 e. The molecule has 2 heteroatoms. The molecule has 0 heterocycles. The van der Waals surface area contributed by atoms with Gasteiger partial charge in [-0.25, -0.2) is 0 Å². The minimum absolute atomic E-state index is 0.166. The fourth-order valence-corrected chi connectivity index (χ4v) is 2.82. The van der Waals surface area contributed by atoms with Crippen LogP contribution in [0.2, 0.25) is 0 Å². The van der Waals surface area contributed by atoms with Crippen LogP contribution in [0, 0.1) is 0 Å². The lowest BCUT2D eigenvalue weighted by atomic mass is 9.88. The summed E-state index contributed by atoms with van der Waals surface area (Å²) < 4.78 is 0. The lowest BCUT2D eigenvalue weighted by molar-refractivity contribution is 0.0773. The Morgan fingerprint density at radius 2 is 1.78 bits per heavy atom. The predicted octanol–water partition coefficient (Wildman–Crippen LogP) is 3.42. The summed E-state index contributed by atoms with van der Waals surface area (Å²) in [6.07, 6.45) is 3.50. The quantitative estimate of drug-likeness (QED) is 0.764. The summed E-state index contributed by atoms with van der Waals surface area (Å²) in [5.74, 6) is 0. The minimum Gasteiger partial charge on any atom is -0.329 e. The van der Waals surface area contributed by atoms with Gasteiger partial charge in [0.1, 0.15) is 0 Å². The summed E-state index contributed by atoms with van der Waals surface area (Å²) in [4.78, 5) is 2.55. The second-order valence-electron chi connectivity index (χ2n) is 5.03. The number of nitrogens with zero attached hydrogens (tertiary/aromatic N) is 1. The van der Waals surface area contributed by atoms with Crippen molar-refractivity contribution in [2.45, 2.75) is 52.1 Å². The van der Waals surface area contributed by atoms with E-state index < -0.39 is 0 Å². The number of hydrogen-bond donors (Lipinski definition) is 1. The Morgan fingerprint density at radius 3 is 2.22 bits per heavy atom. The van der Waals surface area contributed by atoms with E-state index in [2.05, 4.69) is 56.0 Å².